The van der Waals surface area contributed by atoms with Crippen LogP contribution in [0, 0.1) is 6.92 Å². The SMILES string of the molecule is Cc1nn(C)cc1CNC(=O)c1cnc(NN)cn1. The highest BCUT2D eigenvalue weighted by Gasteiger charge is 2.09. The predicted octanol–water partition coefficient (Wildman–Crippen LogP) is -0.266. The second-order valence-electron chi connectivity index (χ2n) is 4.03. The fourth-order valence-corrected chi connectivity index (χ4v) is 1.61. The zero-order valence-corrected chi connectivity index (χ0v) is 10.7. The van der Waals surface area contributed by atoms with E-state index in [1.165, 1.54) is 12.4 Å². The Bertz CT molecular complexity index is 575. The molecule has 0 saturated carbocycles. The van der Waals surface area contributed by atoms with Crippen LogP contribution in [0.5, 0.6) is 0 Å². The average molecular weight is 261 g/mol. The van der Waals surface area contributed by atoms with Crippen LogP contribution in [-0.2, 0) is 13.6 Å². The van der Waals surface area contributed by atoms with Crippen LogP contribution < -0.4 is 16.6 Å². The van der Waals surface area contributed by atoms with Crippen molar-refractivity contribution in [1.82, 2.24) is 25.1 Å². The molecule has 0 aliphatic rings. The Labute approximate surface area is 110 Å². The Morgan fingerprint density at radius 2 is 2.21 bits per heavy atom. The third-order valence-electron chi connectivity index (χ3n) is 2.59. The number of aromatic nitrogens is 4. The lowest BCUT2D eigenvalue weighted by molar-refractivity contribution is 0.0945. The third kappa shape index (κ3) is 3.05. The molecule has 0 aliphatic heterocycles. The van der Waals surface area contributed by atoms with E-state index in [-0.39, 0.29) is 11.6 Å². The molecule has 0 radical (unpaired) electrons. The van der Waals surface area contributed by atoms with E-state index in [4.69, 9.17) is 5.84 Å². The molecule has 8 heteroatoms. The molecule has 0 aromatic carbocycles. The lowest BCUT2D eigenvalue weighted by Gasteiger charge is -2.04. The summed E-state index contributed by atoms with van der Waals surface area (Å²) < 4.78 is 1.71. The molecule has 2 aromatic heterocycles. The number of carbonyl (C=O) groups is 1. The summed E-state index contributed by atoms with van der Waals surface area (Å²) in [6.07, 6.45) is 4.62. The number of aryl methyl sites for hydroxylation is 2. The van der Waals surface area contributed by atoms with E-state index in [0.717, 1.165) is 11.3 Å². The second kappa shape index (κ2) is 5.44. The molecule has 0 aliphatic carbocycles. The maximum absolute atomic E-state index is 11.8. The lowest BCUT2D eigenvalue weighted by atomic mass is 10.2. The van der Waals surface area contributed by atoms with Crippen LogP contribution in [-0.4, -0.2) is 25.7 Å². The summed E-state index contributed by atoms with van der Waals surface area (Å²) in [5.74, 6) is 5.28. The van der Waals surface area contributed by atoms with Crippen molar-refractivity contribution in [1.29, 1.82) is 0 Å². The summed E-state index contributed by atoms with van der Waals surface area (Å²) in [5, 5.41) is 6.96. The van der Waals surface area contributed by atoms with Crippen LogP contribution in [0.25, 0.3) is 0 Å². The number of nitrogen functional groups attached to an aromatic ring is 1. The van der Waals surface area contributed by atoms with Crippen molar-refractivity contribution in [3.05, 3.63) is 35.5 Å². The van der Waals surface area contributed by atoms with Crippen molar-refractivity contribution >= 4 is 11.7 Å². The zero-order chi connectivity index (χ0) is 13.8. The molecule has 19 heavy (non-hydrogen) atoms. The van der Waals surface area contributed by atoms with Gasteiger partial charge >= 0.3 is 0 Å². The molecular weight excluding hydrogens is 246 g/mol. The smallest absolute Gasteiger partial charge is 0.271 e. The van der Waals surface area contributed by atoms with Gasteiger partial charge in [-0.05, 0) is 6.92 Å². The van der Waals surface area contributed by atoms with Crippen molar-refractivity contribution in [3.8, 4) is 0 Å². The Balaban J connectivity index is 1.99. The second-order valence-corrected chi connectivity index (χ2v) is 4.03. The fourth-order valence-electron chi connectivity index (χ4n) is 1.61. The standard InChI is InChI=1S/C11H15N7O/c1-7-8(6-18(2)17-7)3-15-11(19)9-4-14-10(16-12)5-13-9/h4-6H,3,12H2,1-2H3,(H,14,16)(H,15,19). The maximum atomic E-state index is 11.8. The minimum Gasteiger partial charge on any atom is -0.346 e. The number of carbonyl (C=O) groups excluding carboxylic acids is 1. The van der Waals surface area contributed by atoms with Gasteiger partial charge in [0.1, 0.15) is 5.69 Å². The van der Waals surface area contributed by atoms with Gasteiger partial charge in [0.05, 0.1) is 18.1 Å². The van der Waals surface area contributed by atoms with Gasteiger partial charge in [0, 0.05) is 25.4 Å². The molecule has 0 fully saturated rings. The van der Waals surface area contributed by atoms with Crippen molar-refractivity contribution in [3.63, 3.8) is 0 Å². The van der Waals surface area contributed by atoms with E-state index in [1.807, 2.05) is 20.2 Å². The first-order valence-electron chi connectivity index (χ1n) is 5.66. The first kappa shape index (κ1) is 13.0. The number of hydrogen-bond donors (Lipinski definition) is 3. The predicted molar refractivity (Wildman–Crippen MR) is 69.0 cm³/mol. The molecule has 4 N–H and O–H groups in total. The van der Waals surface area contributed by atoms with Crippen molar-refractivity contribution < 1.29 is 4.79 Å². The van der Waals surface area contributed by atoms with Gasteiger partial charge < -0.3 is 10.7 Å². The number of nitrogens with one attached hydrogen (secondary N) is 2. The molecule has 0 spiro atoms. The fraction of sp³-hybridized carbons (Fsp3) is 0.273. The van der Waals surface area contributed by atoms with Gasteiger partial charge in [-0.3, -0.25) is 9.48 Å². The van der Waals surface area contributed by atoms with Gasteiger partial charge in [-0.25, -0.2) is 15.8 Å². The van der Waals surface area contributed by atoms with Gasteiger partial charge in [-0.2, -0.15) is 5.10 Å². The minimum atomic E-state index is -0.292. The normalized spacial score (nSPS) is 10.3. The molecule has 0 unspecified atom stereocenters. The van der Waals surface area contributed by atoms with E-state index in [1.54, 1.807) is 4.68 Å². The quantitative estimate of drug-likeness (QED) is 0.516. The van der Waals surface area contributed by atoms with Gasteiger partial charge in [0.2, 0.25) is 0 Å². The van der Waals surface area contributed by atoms with Crippen LogP contribution >= 0.6 is 0 Å². The lowest BCUT2D eigenvalue weighted by Crippen LogP contribution is -2.24. The molecule has 1 amide bonds. The van der Waals surface area contributed by atoms with Gasteiger partial charge in [-0.15, -0.1) is 0 Å². The molecular formula is C11H15N7O. The largest absolute Gasteiger partial charge is 0.346 e. The van der Waals surface area contributed by atoms with Crippen molar-refractivity contribution in [2.24, 2.45) is 12.9 Å². The zero-order valence-electron chi connectivity index (χ0n) is 10.7. The number of nitrogens with zero attached hydrogens (tertiary/aromatic N) is 4. The van der Waals surface area contributed by atoms with Crippen molar-refractivity contribution in [2.45, 2.75) is 13.5 Å². The van der Waals surface area contributed by atoms with Crippen LogP contribution in [0.3, 0.4) is 0 Å². The molecule has 0 bridgehead atoms. The van der Waals surface area contributed by atoms with Crippen LogP contribution in [0.2, 0.25) is 0 Å². The summed E-state index contributed by atoms with van der Waals surface area (Å²) >= 11 is 0. The van der Waals surface area contributed by atoms with Gasteiger partial charge in [-0.1, -0.05) is 0 Å². The summed E-state index contributed by atoms with van der Waals surface area (Å²) in [7, 11) is 1.84. The Morgan fingerprint density at radius 3 is 2.74 bits per heavy atom. The first-order chi connectivity index (χ1) is 9.10. The minimum absolute atomic E-state index is 0.237. The van der Waals surface area contributed by atoms with E-state index < -0.39 is 0 Å². The molecule has 100 valence electrons. The number of hydrazine groups is 1. The average Bonchev–Trinajstić information content (AvgIpc) is 2.74. The number of anilines is 1. The van der Waals surface area contributed by atoms with Gasteiger partial charge in [0.25, 0.3) is 5.91 Å². The summed E-state index contributed by atoms with van der Waals surface area (Å²) in [6.45, 7) is 2.29. The number of rotatable bonds is 4. The summed E-state index contributed by atoms with van der Waals surface area (Å²) in [5.41, 5.74) is 4.43. The molecule has 0 saturated heterocycles. The summed E-state index contributed by atoms with van der Waals surface area (Å²) in [6, 6.07) is 0. The van der Waals surface area contributed by atoms with Gasteiger partial charge in [0.15, 0.2) is 5.82 Å². The third-order valence-corrected chi connectivity index (χ3v) is 2.59. The van der Waals surface area contributed by atoms with E-state index in [9.17, 15) is 4.79 Å². The van der Waals surface area contributed by atoms with E-state index >= 15 is 0 Å². The van der Waals surface area contributed by atoms with Crippen LogP contribution in [0.15, 0.2) is 18.6 Å². The van der Waals surface area contributed by atoms with Crippen LogP contribution in [0.4, 0.5) is 5.82 Å². The number of amides is 1. The number of nitrogens with two attached hydrogens (primary N) is 1. The summed E-state index contributed by atoms with van der Waals surface area (Å²) in [4.78, 5) is 19.7. The molecule has 8 nitrogen and oxygen atoms in total. The molecule has 2 aromatic rings. The number of hydrogen-bond acceptors (Lipinski definition) is 6. The Hall–Kier alpha value is -2.48. The molecule has 2 heterocycles. The van der Waals surface area contributed by atoms with E-state index in [0.29, 0.717) is 12.4 Å². The monoisotopic (exact) mass is 261 g/mol. The first-order valence-corrected chi connectivity index (χ1v) is 5.66. The Morgan fingerprint density at radius 1 is 1.42 bits per heavy atom. The van der Waals surface area contributed by atoms with E-state index in [2.05, 4.69) is 25.8 Å². The van der Waals surface area contributed by atoms with Crippen molar-refractivity contribution in [2.75, 3.05) is 5.43 Å². The van der Waals surface area contributed by atoms with Crippen LogP contribution in [0.1, 0.15) is 21.7 Å². The molecule has 2 rings (SSSR count). The Kier molecular flexibility index (Phi) is 3.71. The highest BCUT2D eigenvalue weighted by Crippen LogP contribution is 2.04. The molecule has 0 atom stereocenters. The topological polar surface area (TPSA) is 111 Å². The highest BCUT2D eigenvalue weighted by molar-refractivity contribution is 5.91. The highest BCUT2D eigenvalue weighted by atomic mass is 16.1. The maximum Gasteiger partial charge on any atom is 0.271 e.